The Morgan fingerprint density at radius 1 is 1.42 bits per heavy atom. The number of aryl methyl sites for hydroxylation is 3. The van der Waals surface area contributed by atoms with Crippen LogP contribution in [-0.4, -0.2) is 9.78 Å². The summed E-state index contributed by atoms with van der Waals surface area (Å²) in [6.07, 6.45) is 0.612. The topological polar surface area (TPSA) is 43.8 Å². The van der Waals surface area contributed by atoms with Gasteiger partial charge in [-0.05, 0) is 47.0 Å². The third-order valence-corrected chi connectivity index (χ3v) is 4.33. The van der Waals surface area contributed by atoms with Gasteiger partial charge in [0.15, 0.2) is 0 Å². The van der Waals surface area contributed by atoms with Gasteiger partial charge in [0, 0.05) is 19.5 Å². The molecule has 1 heterocycles. The molecule has 102 valence electrons. The van der Waals surface area contributed by atoms with Gasteiger partial charge in [-0.15, -0.1) is 0 Å². The summed E-state index contributed by atoms with van der Waals surface area (Å²) in [5.74, 6) is -0.215. The molecule has 19 heavy (non-hydrogen) atoms. The van der Waals surface area contributed by atoms with Gasteiger partial charge in [-0.25, -0.2) is 4.39 Å². The highest BCUT2D eigenvalue weighted by atomic mass is 79.9. The molecule has 2 aromatic rings. The standard InChI is InChI=1S/C14H17BrFN3/c1-8-4-5-10(6-11(8)16)12(17)7-13-14(15)9(2)18-19(13)3/h4-6,12H,7,17H2,1-3H3. The van der Waals surface area contributed by atoms with Crippen molar-refractivity contribution < 1.29 is 4.39 Å². The zero-order valence-electron chi connectivity index (χ0n) is 11.2. The Bertz CT molecular complexity index is 607. The smallest absolute Gasteiger partial charge is 0.126 e. The first-order chi connectivity index (χ1) is 8.90. The Hall–Kier alpha value is -1.20. The predicted molar refractivity (Wildman–Crippen MR) is 77.4 cm³/mol. The number of nitrogens with zero attached hydrogens (tertiary/aromatic N) is 2. The van der Waals surface area contributed by atoms with Gasteiger partial charge in [-0.2, -0.15) is 5.10 Å². The van der Waals surface area contributed by atoms with Crippen molar-refractivity contribution in [2.75, 3.05) is 0 Å². The fraction of sp³-hybridized carbons (Fsp3) is 0.357. The highest BCUT2D eigenvalue weighted by Gasteiger charge is 2.16. The van der Waals surface area contributed by atoms with Gasteiger partial charge in [0.25, 0.3) is 0 Å². The molecule has 0 bridgehead atoms. The largest absolute Gasteiger partial charge is 0.324 e. The molecular weight excluding hydrogens is 309 g/mol. The van der Waals surface area contributed by atoms with Crippen molar-refractivity contribution in [1.29, 1.82) is 0 Å². The van der Waals surface area contributed by atoms with Gasteiger partial charge in [-0.3, -0.25) is 4.68 Å². The fourth-order valence-electron chi connectivity index (χ4n) is 2.07. The average molecular weight is 326 g/mol. The normalized spacial score (nSPS) is 12.7. The first-order valence-electron chi connectivity index (χ1n) is 6.09. The third-order valence-electron chi connectivity index (χ3n) is 3.30. The molecule has 5 heteroatoms. The molecule has 0 spiro atoms. The summed E-state index contributed by atoms with van der Waals surface area (Å²) in [6.45, 7) is 3.68. The molecule has 0 aliphatic carbocycles. The van der Waals surface area contributed by atoms with Gasteiger partial charge in [0.1, 0.15) is 5.82 Å². The Labute approximate surface area is 120 Å². The molecule has 1 aromatic carbocycles. The van der Waals surface area contributed by atoms with Gasteiger partial charge < -0.3 is 5.73 Å². The summed E-state index contributed by atoms with van der Waals surface area (Å²) in [5, 5.41) is 4.33. The van der Waals surface area contributed by atoms with Crippen LogP contribution >= 0.6 is 15.9 Å². The van der Waals surface area contributed by atoms with Crippen molar-refractivity contribution in [2.45, 2.75) is 26.3 Å². The number of hydrogen-bond donors (Lipinski definition) is 1. The Kier molecular flexibility index (Phi) is 4.06. The highest BCUT2D eigenvalue weighted by Crippen LogP contribution is 2.25. The van der Waals surface area contributed by atoms with Gasteiger partial charge in [0.05, 0.1) is 15.9 Å². The van der Waals surface area contributed by atoms with E-state index in [1.165, 1.54) is 6.07 Å². The molecule has 0 saturated heterocycles. The lowest BCUT2D eigenvalue weighted by Crippen LogP contribution is -2.16. The first kappa shape index (κ1) is 14.2. The van der Waals surface area contributed by atoms with Crippen molar-refractivity contribution in [1.82, 2.24) is 9.78 Å². The van der Waals surface area contributed by atoms with Crippen LogP contribution in [0.25, 0.3) is 0 Å². The van der Waals surface area contributed by atoms with E-state index in [1.807, 2.05) is 24.7 Å². The number of halogens is 2. The van der Waals surface area contributed by atoms with Crippen LogP contribution in [0.4, 0.5) is 4.39 Å². The van der Waals surface area contributed by atoms with E-state index >= 15 is 0 Å². The molecule has 1 aromatic heterocycles. The summed E-state index contributed by atoms with van der Waals surface area (Å²) in [4.78, 5) is 0. The molecule has 1 unspecified atom stereocenters. The maximum atomic E-state index is 13.6. The Balaban J connectivity index is 2.25. The maximum Gasteiger partial charge on any atom is 0.126 e. The Morgan fingerprint density at radius 3 is 2.63 bits per heavy atom. The number of aromatic nitrogens is 2. The monoisotopic (exact) mass is 325 g/mol. The fourth-order valence-corrected chi connectivity index (χ4v) is 2.57. The number of nitrogens with two attached hydrogens (primary N) is 1. The molecule has 1 atom stereocenters. The maximum absolute atomic E-state index is 13.6. The van der Waals surface area contributed by atoms with E-state index in [9.17, 15) is 4.39 Å². The molecule has 0 fully saturated rings. The van der Waals surface area contributed by atoms with Crippen LogP contribution in [0.2, 0.25) is 0 Å². The zero-order valence-corrected chi connectivity index (χ0v) is 12.8. The lowest BCUT2D eigenvalue weighted by Gasteiger charge is -2.13. The second kappa shape index (κ2) is 5.43. The van der Waals surface area contributed by atoms with E-state index in [2.05, 4.69) is 21.0 Å². The van der Waals surface area contributed by atoms with Crippen LogP contribution in [0.3, 0.4) is 0 Å². The summed E-state index contributed by atoms with van der Waals surface area (Å²) in [6, 6.07) is 4.90. The van der Waals surface area contributed by atoms with Crippen LogP contribution in [0.15, 0.2) is 22.7 Å². The Morgan fingerprint density at radius 2 is 2.11 bits per heavy atom. The summed E-state index contributed by atoms with van der Waals surface area (Å²) >= 11 is 3.52. The summed E-state index contributed by atoms with van der Waals surface area (Å²) in [5.41, 5.74) is 9.55. The van der Waals surface area contributed by atoms with Crippen molar-refractivity contribution in [3.05, 3.63) is 51.0 Å². The van der Waals surface area contributed by atoms with Gasteiger partial charge >= 0.3 is 0 Å². The second-order valence-electron chi connectivity index (χ2n) is 4.79. The molecule has 0 aliphatic rings. The quantitative estimate of drug-likeness (QED) is 0.941. The van der Waals surface area contributed by atoms with Crippen LogP contribution < -0.4 is 5.73 Å². The SMILES string of the molecule is Cc1ccc(C(N)Cc2c(Br)c(C)nn2C)cc1F. The molecule has 0 amide bonds. The molecule has 2 rings (SSSR count). The lowest BCUT2D eigenvalue weighted by molar-refractivity contribution is 0.603. The minimum Gasteiger partial charge on any atom is -0.324 e. The first-order valence-corrected chi connectivity index (χ1v) is 6.89. The number of rotatable bonds is 3. The predicted octanol–water partition coefficient (Wildman–Crippen LogP) is 3.18. The van der Waals surface area contributed by atoms with E-state index in [4.69, 9.17) is 5.73 Å². The molecule has 0 radical (unpaired) electrons. The minimum atomic E-state index is -0.249. The molecule has 3 nitrogen and oxygen atoms in total. The van der Waals surface area contributed by atoms with E-state index < -0.39 is 0 Å². The van der Waals surface area contributed by atoms with Crippen molar-refractivity contribution in [3.8, 4) is 0 Å². The zero-order chi connectivity index (χ0) is 14.2. The molecule has 2 N–H and O–H groups in total. The number of hydrogen-bond acceptors (Lipinski definition) is 2. The minimum absolute atomic E-state index is 0.215. The summed E-state index contributed by atoms with van der Waals surface area (Å²) < 4.78 is 16.3. The summed E-state index contributed by atoms with van der Waals surface area (Å²) in [7, 11) is 1.88. The second-order valence-corrected chi connectivity index (χ2v) is 5.58. The van der Waals surface area contributed by atoms with Crippen LogP contribution in [0, 0.1) is 19.7 Å². The van der Waals surface area contributed by atoms with Gasteiger partial charge in [0.2, 0.25) is 0 Å². The number of benzene rings is 1. The van der Waals surface area contributed by atoms with E-state index in [-0.39, 0.29) is 11.9 Å². The molecule has 0 aliphatic heterocycles. The van der Waals surface area contributed by atoms with Gasteiger partial charge in [-0.1, -0.05) is 12.1 Å². The van der Waals surface area contributed by atoms with E-state index in [0.717, 1.165) is 21.4 Å². The van der Waals surface area contributed by atoms with Crippen LogP contribution in [0.1, 0.15) is 28.6 Å². The van der Waals surface area contributed by atoms with E-state index in [0.29, 0.717) is 12.0 Å². The van der Waals surface area contributed by atoms with Crippen molar-refractivity contribution >= 4 is 15.9 Å². The van der Waals surface area contributed by atoms with Crippen LogP contribution in [-0.2, 0) is 13.5 Å². The lowest BCUT2D eigenvalue weighted by atomic mass is 10.0. The van der Waals surface area contributed by atoms with Crippen molar-refractivity contribution in [2.24, 2.45) is 12.8 Å². The molecule has 0 saturated carbocycles. The third kappa shape index (κ3) is 2.87. The highest BCUT2D eigenvalue weighted by molar-refractivity contribution is 9.10. The van der Waals surface area contributed by atoms with Crippen molar-refractivity contribution in [3.63, 3.8) is 0 Å². The van der Waals surface area contributed by atoms with E-state index in [1.54, 1.807) is 13.0 Å². The van der Waals surface area contributed by atoms with Crippen LogP contribution in [0.5, 0.6) is 0 Å². The molecular formula is C14H17BrFN3. The average Bonchev–Trinajstić information content (AvgIpc) is 2.59.